The molecule has 1 spiro atoms. The number of unbranched alkanes of at least 4 members (excludes halogenated alkanes) is 1. The first-order chi connectivity index (χ1) is 18.2. The number of rotatable bonds is 13. The van der Waals surface area contributed by atoms with Crippen LogP contribution < -0.4 is 0 Å². The Morgan fingerprint density at radius 1 is 1.24 bits per heavy atom. The highest BCUT2D eigenvalue weighted by Gasteiger charge is 2.80. The fraction of sp³-hybridized carbons (Fsp3) is 0.750. The number of morpholine rings is 1. The Kier molecular flexibility index (Phi) is 8.96. The van der Waals surface area contributed by atoms with Gasteiger partial charge in [0.1, 0.15) is 17.6 Å². The molecular formula is C28H43N3O7. The summed E-state index contributed by atoms with van der Waals surface area (Å²) in [7, 11) is 0. The molecule has 0 radical (unpaired) electrons. The molecule has 4 fully saturated rings. The fourth-order valence-corrected chi connectivity index (χ4v) is 6.92. The van der Waals surface area contributed by atoms with E-state index in [9.17, 15) is 19.5 Å². The van der Waals surface area contributed by atoms with Gasteiger partial charge < -0.3 is 29.1 Å². The number of β-amino-alcohol motifs (C(OH)–C–C–N with tert-alkyl or cyclic N) is 1. The first-order valence-electron chi connectivity index (χ1n) is 13.8. The van der Waals surface area contributed by atoms with Crippen molar-refractivity contribution in [3.63, 3.8) is 0 Å². The standard InChI is InChI=1S/C28H43N3O7/c1-5-7-8-16-37-26(35)22-21-24(33)31(12-15-32)23(28(21)19-20(3)27(22,4)38-28)25(34)30(9-6-2)11-10-29-13-17-36-18-14-29/h5-6,20-23,32H,1-2,7-19H2,3-4H3/t20?,21-,22+,23?,27-,28?/m0/s1. The first-order valence-corrected chi connectivity index (χ1v) is 13.8. The van der Waals surface area contributed by atoms with E-state index in [1.807, 2.05) is 13.8 Å². The highest BCUT2D eigenvalue weighted by molar-refractivity contribution is 5.98. The zero-order chi connectivity index (χ0) is 27.5. The number of amides is 2. The van der Waals surface area contributed by atoms with Crippen LogP contribution in [0, 0.1) is 17.8 Å². The number of aliphatic hydroxyl groups is 1. The molecule has 4 heterocycles. The van der Waals surface area contributed by atoms with Crippen LogP contribution in [0.15, 0.2) is 25.3 Å². The summed E-state index contributed by atoms with van der Waals surface area (Å²) in [6, 6.07) is -0.931. The Bertz CT molecular complexity index is 922. The fourth-order valence-electron chi connectivity index (χ4n) is 6.92. The molecule has 0 aromatic heterocycles. The van der Waals surface area contributed by atoms with Crippen molar-refractivity contribution < 1.29 is 33.7 Å². The number of hydrogen-bond acceptors (Lipinski definition) is 8. The maximum Gasteiger partial charge on any atom is 0.312 e. The van der Waals surface area contributed by atoms with Crippen LogP contribution in [0.3, 0.4) is 0 Å². The number of allylic oxidation sites excluding steroid dienone is 1. The Hall–Kier alpha value is -2.27. The third-order valence-corrected chi connectivity index (χ3v) is 8.89. The molecule has 0 aromatic rings. The lowest BCUT2D eigenvalue weighted by molar-refractivity contribution is -0.162. The molecule has 2 bridgehead atoms. The van der Waals surface area contributed by atoms with Crippen molar-refractivity contribution in [2.75, 3.05) is 65.7 Å². The van der Waals surface area contributed by atoms with Gasteiger partial charge in [-0.1, -0.05) is 19.1 Å². The molecule has 4 aliphatic heterocycles. The third kappa shape index (κ3) is 4.92. The van der Waals surface area contributed by atoms with Crippen molar-refractivity contribution in [2.24, 2.45) is 17.8 Å². The van der Waals surface area contributed by atoms with Gasteiger partial charge in [0.05, 0.1) is 37.9 Å². The second-order valence-electron chi connectivity index (χ2n) is 11.1. The van der Waals surface area contributed by atoms with Gasteiger partial charge in [-0.05, 0) is 32.1 Å². The lowest BCUT2D eigenvalue weighted by atomic mass is 9.62. The number of aliphatic hydroxyl groups excluding tert-OH is 1. The normalized spacial score (nSPS) is 34.3. The zero-order valence-electron chi connectivity index (χ0n) is 22.8. The average Bonchev–Trinajstić information content (AvgIpc) is 3.41. The van der Waals surface area contributed by atoms with Crippen molar-refractivity contribution in [2.45, 2.75) is 50.4 Å². The number of nitrogens with zero attached hydrogens (tertiary/aromatic N) is 3. The first kappa shape index (κ1) is 28.7. The summed E-state index contributed by atoms with van der Waals surface area (Å²) in [4.78, 5) is 47.0. The molecule has 0 saturated carbocycles. The van der Waals surface area contributed by atoms with Crippen LogP contribution in [-0.4, -0.2) is 121 Å². The minimum absolute atomic E-state index is 0.00552. The summed E-state index contributed by atoms with van der Waals surface area (Å²) in [5, 5.41) is 9.84. The van der Waals surface area contributed by atoms with Gasteiger partial charge in [-0.25, -0.2) is 0 Å². The van der Waals surface area contributed by atoms with Crippen LogP contribution in [0.2, 0.25) is 0 Å². The van der Waals surface area contributed by atoms with Crippen LogP contribution in [-0.2, 0) is 28.6 Å². The van der Waals surface area contributed by atoms with Crippen LogP contribution in [0.4, 0.5) is 0 Å². The smallest absolute Gasteiger partial charge is 0.312 e. The van der Waals surface area contributed by atoms with Gasteiger partial charge >= 0.3 is 5.97 Å². The molecule has 3 unspecified atom stereocenters. The molecule has 212 valence electrons. The Morgan fingerprint density at radius 2 is 1.97 bits per heavy atom. The Balaban J connectivity index is 1.62. The number of fused-ring (bicyclic) bond motifs is 1. The van der Waals surface area contributed by atoms with Gasteiger partial charge in [0.25, 0.3) is 0 Å². The molecule has 4 rings (SSSR count). The van der Waals surface area contributed by atoms with E-state index in [1.165, 1.54) is 4.90 Å². The molecule has 10 nitrogen and oxygen atoms in total. The second-order valence-corrected chi connectivity index (χ2v) is 11.1. The van der Waals surface area contributed by atoms with E-state index in [0.717, 1.165) is 19.5 Å². The van der Waals surface area contributed by atoms with Gasteiger partial charge in [0.15, 0.2) is 0 Å². The van der Waals surface area contributed by atoms with Gasteiger partial charge in [-0.3, -0.25) is 19.3 Å². The molecule has 38 heavy (non-hydrogen) atoms. The van der Waals surface area contributed by atoms with E-state index in [-0.39, 0.29) is 37.5 Å². The molecule has 2 amide bonds. The van der Waals surface area contributed by atoms with E-state index in [0.29, 0.717) is 45.7 Å². The van der Waals surface area contributed by atoms with Crippen LogP contribution >= 0.6 is 0 Å². The summed E-state index contributed by atoms with van der Waals surface area (Å²) < 4.78 is 17.7. The molecular weight excluding hydrogens is 490 g/mol. The predicted octanol–water partition coefficient (Wildman–Crippen LogP) is 0.846. The van der Waals surface area contributed by atoms with E-state index >= 15 is 0 Å². The summed E-state index contributed by atoms with van der Waals surface area (Å²) in [6.07, 6.45) is 5.29. The molecule has 4 saturated heterocycles. The van der Waals surface area contributed by atoms with Gasteiger partial charge in [-0.15, -0.1) is 13.2 Å². The highest BCUT2D eigenvalue weighted by atomic mass is 16.6. The molecule has 1 N–H and O–H groups in total. The maximum absolute atomic E-state index is 14.2. The molecule has 6 atom stereocenters. The van der Waals surface area contributed by atoms with Gasteiger partial charge in [0, 0.05) is 39.3 Å². The Labute approximate surface area is 225 Å². The van der Waals surface area contributed by atoms with Gasteiger partial charge in [-0.2, -0.15) is 0 Å². The van der Waals surface area contributed by atoms with Crippen LogP contribution in [0.5, 0.6) is 0 Å². The highest BCUT2D eigenvalue weighted by Crippen LogP contribution is 2.65. The lowest BCUT2D eigenvalue weighted by Crippen LogP contribution is -2.57. The summed E-state index contributed by atoms with van der Waals surface area (Å²) in [6.45, 7) is 15.7. The number of carbonyl (C=O) groups is 3. The van der Waals surface area contributed by atoms with E-state index in [1.54, 1.807) is 17.1 Å². The second kappa shape index (κ2) is 11.9. The SMILES string of the molecule is C=CCCCOC(=O)[C@H]1[C@H]2C(=O)N(CCO)C(C(=O)N(CC=C)CCN3CCOCC3)C23CC(C)[C@]1(C)O3. The quantitative estimate of drug-likeness (QED) is 0.211. The molecule has 0 aromatic carbocycles. The number of esters is 1. The van der Waals surface area contributed by atoms with E-state index < -0.39 is 35.0 Å². The monoisotopic (exact) mass is 533 g/mol. The predicted molar refractivity (Wildman–Crippen MR) is 140 cm³/mol. The van der Waals surface area contributed by atoms with Crippen molar-refractivity contribution in [3.8, 4) is 0 Å². The number of carbonyl (C=O) groups excluding carboxylic acids is 3. The molecule has 4 aliphatic rings. The number of ether oxygens (including phenoxy) is 3. The van der Waals surface area contributed by atoms with E-state index in [4.69, 9.17) is 14.2 Å². The third-order valence-electron chi connectivity index (χ3n) is 8.89. The zero-order valence-corrected chi connectivity index (χ0v) is 22.8. The topological polar surface area (TPSA) is 109 Å². The molecule has 0 aliphatic carbocycles. The molecule has 10 heteroatoms. The van der Waals surface area contributed by atoms with Crippen molar-refractivity contribution >= 4 is 17.8 Å². The van der Waals surface area contributed by atoms with Gasteiger partial charge in [0.2, 0.25) is 11.8 Å². The van der Waals surface area contributed by atoms with E-state index in [2.05, 4.69) is 18.1 Å². The minimum Gasteiger partial charge on any atom is -0.465 e. The Morgan fingerprint density at radius 3 is 2.63 bits per heavy atom. The summed E-state index contributed by atoms with van der Waals surface area (Å²) in [5.74, 6) is -2.74. The van der Waals surface area contributed by atoms with Crippen molar-refractivity contribution in [1.82, 2.24) is 14.7 Å². The number of hydrogen-bond donors (Lipinski definition) is 1. The van der Waals surface area contributed by atoms with Crippen molar-refractivity contribution in [1.29, 1.82) is 0 Å². The average molecular weight is 534 g/mol. The maximum atomic E-state index is 14.2. The van der Waals surface area contributed by atoms with Crippen LogP contribution in [0.25, 0.3) is 0 Å². The number of likely N-dealkylation sites (tertiary alicyclic amines) is 1. The summed E-state index contributed by atoms with van der Waals surface area (Å²) >= 11 is 0. The lowest BCUT2D eigenvalue weighted by Gasteiger charge is -2.38. The van der Waals surface area contributed by atoms with Crippen molar-refractivity contribution in [3.05, 3.63) is 25.3 Å². The minimum atomic E-state index is -1.15. The van der Waals surface area contributed by atoms with Crippen LogP contribution in [0.1, 0.15) is 33.1 Å². The summed E-state index contributed by atoms with van der Waals surface area (Å²) in [5.41, 5.74) is -2.07. The largest absolute Gasteiger partial charge is 0.465 e.